The maximum absolute atomic E-state index is 9.38. The molecule has 2 aromatic carbocycles. The number of aromatic nitrogens is 1. The lowest BCUT2D eigenvalue weighted by atomic mass is 9.99. The Labute approximate surface area is 112 Å². The van der Waals surface area contributed by atoms with Crippen molar-refractivity contribution in [1.82, 2.24) is 4.98 Å². The summed E-state index contributed by atoms with van der Waals surface area (Å²) >= 11 is 0. The van der Waals surface area contributed by atoms with Gasteiger partial charge in [-0.2, -0.15) is 0 Å². The molecule has 0 amide bonds. The van der Waals surface area contributed by atoms with Gasteiger partial charge in [0.15, 0.2) is 0 Å². The predicted molar refractivity (Wildman–Crippen MR) is 78.3 cm³/mol. The number of benzene rings is 2. The Balaban J connectivity index is 2.29. The van der Waals surface area contributed by atoms with Gasteiger partial charge in [0, 0.05) is 10.9 Å². The van der Waals surface area contributed by atoms with Crippen molar-refractivity contribution in [1.29, 1.82) is 0 Å². The van der Waals surface area contributed by atoms with E-state index in [0.717, 1.165) is 16.8 Å². The van der Waals surface area contributed by atoms with Gasteiger partial charge in [0.05, 0.1) is 11.2 Å². The van der Waals surface area contributed by atoms with E-state index in [2.05, 4.69) is 19.9 Å². The van der Waals surface area contributed by atoms with Gasteiger partial charge < -0.3 is 5.11 Å². The van der Waals surface area contributed by atoms with Crippen LogP contribution in [0.4, 0.5) is 0 Å². The Morgan fingerprint density at radius 2 is 1.53 bits per heavy atom. The van der Waals surface area contributed by atoms with E-state index >= 15 is 0 Å². The van der Waals surface area contributed by atoms with Gasteiger partial charge in [-0.1, -0.05) is 18.2 Å². The summed E-state index contributed by atoms with van der Waals surface area (Å²) in [6.07, 6.45) is 0. The van der Waals surface area contributed by atoms with Crippen molar-refractivity contribution < 1.29 is 5.11 Å². The Kier molecular flexibility index (Phi) is 2.71. The van der Waals surface area contributed by atoms with Crippen molar-refractivity contribution in [2.24, 2.45) is 0 Å². The fourth-order valence-electron chi connectivity index (χ4n) is 2.37. The number of phenolic OH excluding ortho intramolecular Hbond substituents is 1. The second-order valence-electron chi connectivity index (χ2n) is 4.77. The first kappa shape index (κ1) is 11.7. The molecule has 0 saturated heterocycles. The van der Waals surface area contributed by atoms with Gasteiger partial charge in [0.2, 0.25) is 0 Å². The summed E-state index contributed by atoms with van der Waals surface area (Å²) in [5.41, 5.74) is 5.46. The SMILES string of the molecule is Cc1c(-c2ccc(O)cc2)nc2ccccc2c1C. The minimum atomic E-state index is 0.277. The highest BCUT2D eigenvalue weighted by atomic mass is 16.3. The van der Waals surface area contributed by atoms with Crippen molar-refractivity contribution in [3.8, 4) is 17.0 Å². The number of aromatic hydroxyl groups is 1. The molecule has 0 atom stereocenters. The Hall–Kier alpha value is -2.35. The molecule has 2 heteroatoms. The third kappa shape index (κ3) is 1.95. The summed E-state index contributed by atoms with van der Waals surface area (Å²) < 4.78 is 0. The number of nitrogens with zero attached hydrogens (tertiary/aromatic N) is 1. The summed E-state index contributed by atoms with van der Waals surface area (Å²) in [6, 6.07) is 15.4. The standard InChI is InChI=1S/C17H15NO/c1-11-12(2)17(13-7-9-14(19)10-8-13)18-16-6-4-3-5-15(11)16/h3-10,19H,1-2H3. The number of rotatable bonds is 1. The van der Waals surface area contributed by atoms with E-state index in [0.29, 0.717) is 0 Å². The van der Waals surface area contributed by atoms with Gasteiger partial charge in [-0.05, 0) is 55.3 Å². The van der Waals surface area contributed by atoms with Crippen LogP contribution in [-0.2, 0) is 0 Å². The quantitative estimate of drug-likeness (QED) is 0.700. The van der Waals surface area contributed by atoms with E-state index in [9.17, 15) is 5.11 Å². The van der Waals surface area contributed by atoms with Crippen LogP contribution in [0.1, 0.15) is 11.1 Å². The van der Waals surface area contributed by atoms with Crippen LogP contribution in [-0.4, -0.2) is 10.1 Å². The summed E-state index contributed by atoms with van der Waals surface area (Å²) in [5, 5.41) is 10.6. The molecule has 3 rings (SSSR count). The molecule has 0 bridgehead atoms. The van der Waals surface area contributed by atoms with Crippen molar-refractivity contribution in [2.45, 2.75) is 13.8 Å². The molecule has 0 aliphatic rings. The van der Waals surface area contributed by atoms with Crippen molar-refractivity contribution in [2.75, 3.05) is 0 Å². The first-order chi connectivity index (χ1) is 9.16. The molecule has 0 fully saturated rings. The van der Waals surface area contributed by atoms with Gasteiger partial charge in [0.25, 0.3) is 0 Å². The predicted octanol–water partition coefficient (Wildman–Crippen LogP) is 4.22. The van der Waals surface area contributed by atoms with E-state index in [1.165, 1.54) is 16.5 Å². The first-order valence-electron chi connectivity index (χ1n) is 6.32. The normalized spacial score (nSPS) is 10.8. The maximum Gasteiger partial charge on any atom is 0.115 e. The number of para-hydroxylation sites is 1. The molecular formula is C17H15NO. The lowest BCUT2D eigenvalue weighted by molar-refractivity contribution is 0.475. The lowest BCUT2D eigenvalue weighted by Crippen LogP contribution is -1.94. The number of pyridine rings is 1. The maximum atomic E-state index is 9.38. The lowest BCUT2D eigenvalue weighted by Gasteiger charge is -2.11. The van der Waals surface area contributed by atoms with Crippen LogP contribution in [0.5, 0.6) is 5.75 Å². The molecule has 0 unspecified atom stereocenters. The minimum absolute atomic E-state index is 0.277. The zero-order valence-electron chi connectivity index (χ0n) is 11.0. The summed E-state index contributed by atoms with van der Waals surface area (Å²) in [7, 11) is 0. The smallest absolute Gasteiger partial charge is 0.115 e. The first-order valence-corrected chi connectivity index (χ1v) is 6.32. The Morgan fingerprint density at radius 1 is 0.842 bits per heavy atom. The van der Waals surface area contributed by atoms with Crippen LogP contribution in [0.15, 0.2) is 48.5 Å². The van der Waals surface area contributed by atoms with Gasteiger partial charge in [-0.3, -0.25) is 0 Å². The minimum Gasteiger partial charge on any atom is -0.508 e. The molecular weight excluding hydrogens is 234 g/mol. The molecule has 1 aromatic heterocycles. The second-order valence-corrected chi connectivity index (χ2v) is 4.77. The molecule has 0 aliphatic carbocycles. The van der Waals surface area contributed by atoms with Crippen LogP contribution in [0, 0.1) is 13.8 Å². The van der Waals surface area contributed by atoms with Crippen LogP contribution < -0.4 is 0 Å². The zero-order chi connectivity index (χ0) is 13.4. The molecule has 0 spiro atoms. The molecule has 94 valence electrons. The summed E-state index contributed by atoms with van der Waals surface area (Å²) in [5.74, 6) is 0.277. The summed E-state index contributed by atoms with van der Waals surface area (Å²) in [4.78, 5) is 4.75. The number of fused-ring (bicyclic) bond motifs is 1. The van der Waals surface area contributed by atoms with E-state index in [4.69, 9.17) is 4.98 Å². The van der Waals surface area contributed by atoms with E-state index in [1.807, 2.05) is 30.3 Å². The van der Waals surface area contributed by atoms with Gasteiger partial charge in [0.1, 0.15) is 5.75 Å². The highest BCUT2D eigenvalue weighted by Gasteiger charge is 2.09. The molecule has 0 saturated carbocycles. The van der Waals surface area contributed by atoms with Crippen LogP contribution in [0.2, 0.25) is 0 Å². The highest BCUT2D eigenvalue weighted by molar-refractivity contribution is 5.86. The molecule has 0 radical (unpaired) electrons. The molecule has 0 aliphatic heterocycles. The topological polar surface area (TPSA) is 33.1 Å². The van der Waals surface area contributed by atoms with E-state index < -0.39 is 0 Å². The fraction of sp³-hybridized carbons (Fsp3) is 0.118. The van der Waals surface area contributed by atoms with E-state index in [-0.39, 0.29) is 5.75 Å². The fourth-order valence-corrected chi connectivity index (χ4v) is 2.37. The van der Waals surface area contributed by atoms with Crippen LogP contribution >= 0.6 is 0 Å². The average molecular weight is 249 g/mol. The largest absolute Gasteiger partial charge is 0.508 e. The van der Waals surface area contributed by atoms with Crippen LogP contribution in [0.3, 0.4) is 0 Å². The molecule has 1 heterocycles. The average Bonchev–Trinajstić information content (AvgIpc) is 2.44. The van der Waals surface area contributed by atoms with Crippen molar-refractivity contribution >= 4 is 10.9 Å². The number of hydrogen-bond donors (Lipinski definition) is 1. The Morgan fingerprint density at radius 3 is 2.26 bits per heavy atom. The second kappa shape index (κ2) is 4.39. The van der Waals surface area contributed by atoms with E-state index in [1.54, 1.807) is 12.1 Å². The molecule has 19 heavy (non-hydrogen) atoms. The number of aryl methyl sites for hydroxylation is 1. The van der Waals surface area contributed by atoms with Crippen LogP contribution in [0.25, 0.3) is 22.2 Å². The zero-order valence-corrected chi connectivity index (χ0v) is 11.0. The summed E-state index contributed by atoms with van der Waals surface area (Å²) in [6.45, 7) is 4.22. The number of hydrogen-bond acceptors (Lipinski definition) is 2. The van der Waals surface area contributed by atoms with Crippen molar-refractivity contribution in [3.63, 3.8) is 0 Å². The highest BCUT2D eigenvalue weighted by Crippen LogP contribution is 2.29. The monoisotopic (exact) mass is 249 g/mol. The molecule has 1 N–H and O–H groups in total. The molecule has 2 nitrogen and oxygen atoms in total. The van der Waals surface area contributed by atoms with Gasteiger partial charge in [-0.15, -0.1) is 0 Å². The third-order valence-corrected chi connectivity index (χ3v) is 3.60. The number of phenols is 1. The van der Waals surface area contributed by atoms with Gasteiger partial charge >= 0.3 is 0 Å². The van der Waals surface area contributed by atoms with Crippen molar-refractivity contribution in [3.05, 3.63) is 59.7 Å². The molecule has 3 aromatic rings. The Bertz CT molecular complexity index is 745. The van der Waals surface area contributed by atoms with Gasteiger partial charge in [-0.25, -0.2) is 4.98 Å². The third-order valence-electron chi connectivity index (χ3n) is 3.60.